The largest absolute Gasteiger partial charge is 0.496 e. The summed E-state index contributed by atoms with van der Waals surface area (Å²) in [6.45, 7) is 0. The SMILES string of the molecule is COc1cc(C#N)ccc1OC(=O)c1cc(Cl)ccc1OC. The van der Waals surface area contributed by atoms with Crippen LogP contribution < -0.4 is 14.2 Å². The Kier molecular flexibility index (Phi) is 4.87. The van der Waals surface area contributed by atoms with E-state index in [2.05, 4.69) is 0 Å². The zero-order valence-corrected chi connectivity index (χ0v) is 12.7. The maximum atomic E-state index is 12.3. The van der Waals surface area contributed by atoms with E-state index in [1.807, 2.05) is 6.07 Å². The minimum Gasteiger partial charge on any atom is -0.496 e. The summed E-state index contributed by atoms with van der Waals surface area (Å²) in [5.74, 6) is 0.200. The van der Waals surface area contributed by atoms with Crippen molar-refractivity contribution in [2.24, 2.45) is 0 Å². The van der Waals surface area contributed by atoms with Crippen molar-refractivity contribution < 1.29 is 19.0 Å². The first-order valence-corrected chi connectivity index (χ1v) is 6.60. The Morgan fingerprint density at radius 2 is 1.73 bits per heavy atom. The number of carbonyl (C=O) groups excluding carboxylic acids is 1. The molecule has 0 aromatic heterocycles. The van der Waals surface area contributed by atoms with E-state index in [1.165, 1.54) is 38.5 Å². The molecule has 0 spiro atoms. The second-order valence-electron chi connectivity index (χ2n) is 4.21. The van der Waals surface area contributed by atoms with E-state index in [0.717, 1.165) is 0 Å². The van der Waals surface area contributed by atoms with E-state index < -0.39 is 5.97 Å². The molecular weight excluding hydrogens is 306 g/mol. The molecule has 0 unspecified atom stereocenters. The number of halogens is 1. The summed E-state index contributed by atoms with van der Waals surface area (Å²) in [4.78, 5) is 12.3. The number of hydrogen-bond donors (Lipinski definition) is 0. The number of esters is 1. The lowest BCUT2D eigenvalue weighted by molar-refractivity contribution is 0.0726. The third kappa shape index (κ3) is 3.30. The maximum Gasteiger partial charge on any atom is 0.347 e. The van der Waals surface area contributed by atoms with Crippen molar-refractivity contribution in [2.45, 2.75) is 0 Å². The quantitative estimate of drug-likeness (QED) is 0.638. The van der Waals surface area contributed by atoms with Crippen molar-refractivity contribution in [2.75, 3.05) is 14.2 Å². The molecule has 5 nitrogen and oxygen atoms in total. The molecule has 112 valence electrons. The molecule has 0 saturated carbocycles. The number of hydrogen-bond acceptors (Lipinski definition) is 5. The molecule has 0 bridgehead atoms. The number of methoxy groups -OCH3 is 2. The Balaban J connectivity index is 2.33. The summed E-state index contributed by atoms with van der Waals surface area (Å²) in [7, 11) is 2.87. The van der Waals surface area contributed by atoms with Crippen LogP contribution in [-0.4, -0.2) is 20.2 Å². The van der Waals surface area contributed by atoms with Crippen LogP contribution in [0.3, 0.4) is 0 Å². The van der Waals surface area contributed by atoms with Gasteiger partial charge in [0.05, 0.1) is 25.9 Å². The normalized spacial score (nSPS) is 9.73. The molecule has 0 amide bonds. The minimum atomic E-state index is -0.637. The second kappa shape index (κ2) is 6.83. The van der Waals surface area contributed by atoms with Crippen LogP contribution in [0.5, 0.6) is 17.2 Å². The van der Waals surface area contributed by atoms with Crippen molar-refractivity contribution in [3.8, 4) is 23.3 Å². The van der Waals surface area contributed by atoms with E-state index in [9.17, 15) is 4.79 Å². The fourth-order valence-corrected chi connectivity index (χ4v) is 1.99. The van der Waals surface area contributed by atoms with Gasteiger partial charge in [0.2, 0.25) is 0 Å². The molecule has 0 atom stereocenters. The monoisotopic (exact) mass is 317 g/mol. The number of benzene rings is 2. The first kappa shape index (κ1) is 15.7. The number of ether oxygens (including phenoxy) is 3. The first-order valence-electron chi connectivity index (χ1n) is 6.23. The summed E-state index contributed by atoms with van der Waals surface area (Å²) in [6, 6.07) is 11.1. The highest BCUT2D eigenvalue weighted by molar-refractivity contribution is 6.31. The fourth-order valence-electron chi connectivity index (χ4n) is 1.82. The molecule has 0 aliphatic heterocycles. The summed E-state index contributed by atoms with van der Waals surface area (Å²) >= 11 is 5.89. The number of nitrogens with zero attached hydrogens (tertiary/aromatic N) is 1. The van der Waals surface area contributed by atoms with Gasteiger partial charge in [-0.3, -0.25) is 0 Å². The zero-order valence-electron chi connectivity index (χ0n) is 11.9. The van der Waals surface area contributed by atoms with Gasteiger partial charge in [-0.2, -0.15) is 5.26 Å². The molecule has 0 fully saturated rings. The molecule has 0 radical (unpaired) electrons. The molecule has 0 saturated heterocycles. The summed E-state index contributed by atoms with van der Waals surface area (Å²) < 4.78 is 15.5. The van der Waals surface area contributed by atoms with Crippen molar-refractivity contribution in [1.29, 1.82) is 5.26 Å². The lowest BCUT2D eigenvalue weighted by Gasteiger charge is -2.11. The molecule has 0 heterocycles. The Bertz CT molecular complexity index is 752. The smallest absolute Gasteiger partial charge is 0.347 e. The number of rotatable bonds is 4. The molecule has 2 aromatic carbocycles. The van der Waals surface area contributed by atoms with Crippen molar-refractivity contribution in [3.63, 3.8) is 0 Å². The van der Waals surface area contributed by atoms with Crippen LogP contribution in [0.15, 0.2) is 36.4 Å². The average Bonchev–Trinajstić information content (AvgIpc) is 2.55. The molecule has 2 rings (SSSR count). The van der Waals surface area contributed by atoms with Crippen LogP contribution in [0, 0.1) is 11.3 Å². The third-order valence-electron chi connectivity index (χ3n) is 2.88. The van der Waals surface area contributed by atoms with Crippen LogP contribution in [0.4, 0.5) is 0 Å². The first-order chi connectivity index (χ1) is 10.6. The van der Waals surface area contributed by atoms with Crippen LogP contribution >= 0.6 is 11.6 Å². The van der Waals surface area contributed by atoms with E-state index in [-0.39, 0.29) is 17.1 Å². The van der Waals surface area contributed by atoms with Crippen molar-refractivity contribution in [1.82, 2.24) is 0 Å². The van der Waals surface area contributed by atoms with Crippen LogP contribution in [0.2, 0.25) is 5.02 Å². The molecule has 0 N–H and O–H groups in total. The number of carbonyl (C=O) groups is 1. The Morgan fingerprint density at radius 3 is 2.36 bits per heavy atom. The summed E-state index contributed by atoms with van der Waals surface area (Å²) in [5.41, 5.74) is 0.596. The van der Waals surface area contributed by atoms with Gasteiger partial charge in [0, 0.05) is 11.1 Å². The molecule has 0 aliphatic carbocycles. The molecule has 22 heavy (non-hydrogen) atoms. The highest BCUT2D eigenvalue weighted by Gasteiger charge is 2.17. The van der Waals surface area contributed by atoms with Gasteiger partial charge in [-0.1, -0.05) is 11.6 Å². The molecular formula is C16H12ClNO4. The van der Waals surface area contributed by atoms with E-state index in [4.69, 9.17) is 31.1 Å². The topological polar surface area (TPSA) is 68.5 Å². The van der Waals surface area contributed by atoms with Gasteiger partial charge in [-0.05, 0) is 30.3 Å². The van der Waals surface area contributed by atoms with Crippen LogP contribution in [0.1, 0.15) is 15.9 Å². The van der Waals surface area contributed by atoms with E-state index >= 15 is 0 Å². The predicted octanol–water partition coefficient (Wildman–Crippen LogP) is 3.45. The van der Waals surface area contributed by atoms with Crippen LogP contribution in [0.25, 0.3) is 0 Å². The predicted molar refractivity (Wildman–Crippen MR) is 80.7 cm³/mol. The summed E-state index contributed by atoms with van der Waals surface area (Å²) in [6.07, 6.45) is 0. The fraction of sp³-hybridized carbons (Fsp3) is 0.125. The van der Waals surface area contributed by atoms with Crippen molar-refractivity contribution >= 4 is 17.6 Å². The minimum absolute atomic E-state index is 0.196. The lowest BCUT2D eigenvalue weighted by Crippen LogP contribution is -2.11. The van der Waals surface area contributed by atoms with E-state index in [0.29, 0.717) is 16.3 Å². The zero-order chi connectivity index (χ0) is 16.1. The molecule has 2 aromatic rings. The highest BCUT2D eigenvalue weighted by atomic mass is 35.5. The maximum absolute atomic E-state index is 12.3. The lowest BCUT2D eigenvalue weighted by atomic mass is 10.2. The number of nitriles is 1. The summed E-state index contributed by atoms with van der Waals surface area (Å²) in [5, 5.41) is 9.25. The van der Waals surface area contributed by atoms with Gasteiger partial charge in [-0.15, -0.1) is 0 Å². The highest BCUT2D eigenvalue weighted by Crippen LogP contribution is 2.30. The van der Waals surface area contributed by atoms with E-state index in [1.54, 1.807) is 12.1 Å². The average molecular weight is 318 g/mol. The molecule has 0 aliphatic rings. The standard InChI is InChI=1S/C16H12ClNO4/c1-20-13-6-4-11(17)8-12(13)16(19)22-14-5-3-10(9-18)7-15(14)21-2/h3-8H,1-2H3. The molecule has 6 heteroatoms. The Morgan fingerprint density at radius 1 is 1.05 bits per heavy atom. The van der Waals surface area contributed by atoms with Gasteiger partial charge in [-0.25, -0.2) is 4.79 Å². The Labute approximate surface area is 132 Å². The van der Waals surface area contributed by atoms with Gasteiger partial charge in [0.25, 0.3) is 0 Å². The van der Waals surface area contributed by atoms with Gasteiger partial charge in [0.1, 0.15) is 11.3 Å². The van der Waals surface area contributed by atoms with Crippen molar-refractivity contribution in [3.05, 3.63) is 52.5 Å². The van der Waals surface area contributed by atoms with Gasteiger partial charge in [0.15, 0.2) is 11.5 Å². The van der Waals surface area contributed by atoms with Gasteiger partial charge >= 0.3 is 5.97 Å². The van der Waals surface area contributed by atoms with Crippen LogP contribution in [-0.2, 0) is 0 Å². The second-order valence-corrected chi connectivity index (χ2v) is 4.65. The Hall–Kier alpha value is -2.71. The van der Waals surface area contributed by atoms with Gasteiger partial charge < -0.3 is 14.2 Å². The third-order valence-corrected chi connectivity index (χ3v) is 3.11.